The summed E-state index contributed by atoms with van der Waals surface area (Å²) >= 11 is 13.4. The van der Waals surface area contributed by atoms with Gasteiger partial charge in [-0.05, 0) is 55.5 Å². The van der Waals surface area contributed by atoms with Crippen LogP contribution in [0.25, 0.3) is 0 Å². The zero-order chi connectivity index (χ0) is 21.7. The molecule has 30 heavy (non-hydrogen) atoms. The maximum atomic E-state index is 12.6. The molecule has 0 unspecified atom stereocenters. The molecular weight excluding hydrogens is 443 g/mol. The van der Waals surface area contributed by atoms with Gasteiger partial charge >= 0.3 is 12.0 Å². The smallest absolute Gasteiger partial charge is 0.337 e. The number of rotatable bonds is 5. The van der Waals surface area contributed by atoms with Crippen molar-refractivity contribution in [3.63, 3.8) is 0 Å². The van der Waals surface area contributed by atoms with Crippen molar-refractivity contribution in [1.29, 1.82) is 0 Å². The van der Waals surface area contributed by atoms with E-state index in [0.717, 1.165) is 15.4 Å². The number of hydrogen-bond acceptors (Lipinski definition) is 4. The van der Waals surface area contributed by atoms with Gasteiger partial charge in [0.2, 0.25) is 0 Å². The summed E-state index contributed by atoms with van der Waals surface area (Å²) < 4.78 is 4.79. The number of ether oxygens (including phenoxy) is 1. The molecule has 3 aromatic carbocycles. The predicted octanol–water partition coefficient (Wildman–Crippen LogP) is 6.88. The number of methoxy groups -OCH3 is 1. The Balaban J connectivity index is 1.85. The number of esters is 1. The molecular formula is C22H18Cl2N2O3S. The van der Waals surface area contributed by atoms with Crippen LogP contribution in [0.5, 0.6) is 0 Å². The Morgan fingerprint density at radius 1 is 0.900 bits per heavy atom. The van der Waals surface area contributed by atoms with E-state index in [1.54, 1.807) is 36.4 Å². The molecule has 0 aliphatic carbocycles. The molecule has 0 heterocycles. The molecule has 5 nitrogen and oxygen atoms in total. The number of aryl methyl sites for hydroxylation is 1. The molecule has 0 fully saturated rings. The molecule has 154 valence electrons. The lowest BCUT2D eigenvalue weighted by Gasteiger charge is -2.14. The molecule has 3 rings (SSSR count). The third kappa shape index (κ3) is 5.69. The normalized spacial score (nSPS) is 10.4. The molecule has 8 heteroatoms. The van der Waals surface area contributed by atoms with Crippen LogP contribution in [0.4, 0.5) is 16.2 Å². The fourth-order valence-electron chi connectivity index (χ4n) is 2.55. The van der Waals surface area contributed by atoms with Crippen LogP contribution in [0.15, 0.2) is 70.5 Å². The highest BCUT2D eigenvalue weighted by atomic mass is 35.5. The third-order valence-electron chi connectivity index (χ3n) is 4.08. The summed E-state index contributed by atoms with van der Waals surface area (Å²) in [4.78, 5) is 26.3. The summed E-state index contributed by atoms with van der Waals surface area (Å²) in [7, 11) is 1.31. The topological polar surface area (TPSA) is 67.4 Å². The molecule has 0 radical (unpaired) electrons. The van der Waals surface area contributed by atoms with Gasteiger partial charge in [0.15, 0.2) is 0 Å². The number of carbonyl (C=O) groups is 2. The molecule has 3 aromatic rings. The summed E-state index contributed by atoms with van der Waals surface area (Å²) in [5, 5.41) is 6.22. The van der Waals surface area contributed by atoms with Gasteiger partial charge in [0, 0.05) is 15.5 Å². The standard InChI is InChI=1S/C22H18Cl2N2O3S/c1-13-3-7-16(8-4-13)30-20-10-5-14(21(27)29-2)11-19(20)26-22(28)25-15-6-9-17(23)18(24)12-15/h3-12H,1-2H3,(H2,25,26,28). The Hall–Kier alpha value is -2.67. The maximum absolute atomic E-state index is 12.6. The zero-order valence-electron chi connectivity index (χ0n) is 16.2. The first-order valence-corrected chi connectivity index (χ1v) is 10.4. The Morgan fingerprint density at radius 2 is 1.63 bits per heavy atom. The van der Waals surface area contributed by atoms with Gasteiger partial charge in [0.25, 0.3) is 0 Å². The molecule has 0 spiro atoms. The van der Waals surface area contributed by atoms with E-state index in [-0.39, 0.29) is 0 Å². The highest BCUT2D eigenvalue weighted by molar-refractivity contribution is 7.99. The van der Waals surface area contributed by atoms with Gasteiger partial charge < -0.3 is 15.4 Å². The summed E-state index contributed by atoms with van der Waals surface area (Å²) in [6, 6.07) is 17.3. The van der Waals surface area contributed by atoms with Gasteiger partial charge in [-0.15, -0.1) is 0 Å². The number of urea groups is 1. The van der Waals surface area contributed by atoms with E-state index in [0.29, 0.717) is 27.0 Å². The van der Waals surface area contributed by atoms with Gasteiger partial charge in [0.05, 0.1) is 28.4 Å². The lowest BCUT2D eigenvalue weighted by atomic mass is 10.2. The number of benzene rings is 3. The van der Waals surface area contributed by atoms with Crippen molar-refractivity contribution >= 4 is 58.3 Å². The van der Waals surface area contributed by atoms with Crippen LogP contribution in [-0.4, -0.2) is 19.1 Å². The van der Waals surface area contributed by atoms with Crippen molar-refractivity contribution in [2.24, 2.45) is 0 Å². The second kappa shape index (κ2) is 9.89. The predicted molar refractivity (Wildman–Crippen MR) is 122 cm³/mol. The number of nitrogens with one attached hydrogen (secondary N) is 2. The van der Waals surface area contributed by atoms with Crippen LogP contribution < -0.4 is 10.6 Å². The minimum absolute atomic E-state index is 0.329. The van der Waals surface area contributed by atoms with E-state index in [2.05, 4.69) is 10.6 Å². The minimum atomic E-state index is -0.491. The lowest BCUT2D eigenvalue weighted by molar-refractivity contribution is 0.0600. The second-order valence-electron chi connectivity index (χ2n) is 6.33. The fraction of sp³-hybridized carbons (Fsp3) is 0.0909. The summed E-state index contributed by atoms with van der Waals surface area (Å²) in [6.07, 6.45) is 0. The summed E-state index contributed by atoms with van der Waals surface area (Å²) in [5.41, 5.74) is 2.44. The molecule has 0 aliphatic rings. The van der Waals surface area contributed by atoms with E-state index >= 15 is 0 Å². The lowest BCUT2D eigenvalue weighted by Crippen LogP contribution is -2.20. The number of amides is 2. The molecule has 0 bridgehead atoms. The number of hydrogen-bond donors (Lipinski definition) is 2. The molecule has 2 amide bonds. The molecule has 2 N–H and O–H groups in total. The first-order valence-electron chi connectivity index (χ1n) is 8.85. The van der Waals surface area contributed by atoms with E-state index in [1.165, 1.54) is 18.9 Å². The third-order valence-corrected chi connectivity index (χ3v) is 5.90. The Kier molecular flexibility index (Phi) is 7.26. The summed E-state index contributed by atoms with van der Waals surface area (Å²) in [6.45, 7) is 2.01. The van der Waals surface area contributed by atoms with Crippen LogP contribution in [0.2, 0.25) is 10.0 Å². The van der Waals surface area contributed by atoms with Crippen molar-refractivity contribution < 1.29 is 14.3 Å². The summed E-state index contributed by atoms with van der Waals surface area (Å²) in [5.74, 6) is -0.491. The van der Waals surface area contributed by atoms with E-state index in [4.69, 9.17) is 27.9 Å². The Labute approximate surface area is 188 Å². The Morgan fingerprint density at radius 3 is 2.30 bits per heavy atom. The zero-order valence-corrected chi connectivity index (χ0v) is 18.5. The van der Waals surface area contributed by atoms with Crippen LogP contribution in [0.3, 0.4) is 0 Å². The number of halogens is 2. The van der Waals surface area contributed by atoms with Crippen molar-refractivity contribution in [3.05, 3.63) is 81.8 Å². The second-order valence-corrected chi connectivity index (χ2v) is 8.26. The van der Waals surface area contributed by atoms with Gasteiger partial charge in [0.1, 0.15) is 0 Å². The molecule has 0 saturated heterocycles. The van der Waals surface area contributed by atoms with Crippen molar-refractivity contribution in [1.82, 2.24) is 0 Å². The van der Waals surface area contributed by atoms with E-state index < -0.39 is 12.0 Å². The van der Waals surface area contributed by atoms with E-state index in [9.17, 15) is 9.59 Å². The highest BCUT2D eigenvalue weighted by Crippen LogP contribution is 2.35. The van der Waals surface area contributed by atoms with Gasteiger partial charge in [-0.25, -0.2) is 9.59 Å². The van der Waals surface area contributed by atoms with Gasteiger partial charge in [-0.3, -0.25) is 0 Å². The average molecular weight is 461 g/mol. The number of carbonyl (C=O) groups excluding carboxylic acids is 2. The maximum Gasteiger partial charge on any atom is 0.337 e. The van der Waals surface area contributed by atoms with Gasteiger partial charge in [-0.2, -0.15) is 0 Å². The quantitative estimate of drug-likeness (QED) is 0.407. The first kappa shape index (κ1) is 22.0. The SMILES string of the molecule is COC(=O)c1ccc(Sc2ccc(C)cc2)c(NC(=O)Nc2ccc(Cl)c(Cl)c2)c1. The molecule has 0 atom stereocenters. The minimum Gasteiger partial charge on any atom is -0.465 e. The van der Waals surface area contributed by atoms with Gasteiger partial charge in [-0.1, -0.05) is 52.7 Å². The number of anilines is 2. The van der Waals surface area contributed by atoms with Crippen LogP contribution in [0, 0.1) is 6.92 Å². The van der Waals surface area contributed by atoms with Crippen molar-refractivity contribution in [3.8, 4) is 0 Å². The van der Waals surface area contributed by atoms with Crippen molar-refractivity contribution in [2.75, 3.05) is 17.7 Å². The van der Waals surface area contributed by atoms with Crippen LogP contribution >= 0.6 is 35.0 Å². The molecule has 0 aromatic heterocycles. The van der Waals surface area contributed by atoms with Crippen LogP contribution in [0.1, 0.15) is 15.9 Å². The van der Waals surface area contributed by atoms with Crippen LogP contribution in [-0.2, 0) is 4.74 Å². The average Bonchev–Trinajstić information content (AvgIpc) is 2.73. The van der Waals surface area contributed by atoms with E-state index in [1.807, 2.05) is 31.2 Å². The molecule has 0 aliphatic heterocycles. The van der Waals surface area contributed by atoms with Crippen molar-refractivity contribution in [2.45, 2.75) is 16.7 Å². The highest BCUT2D eigenvalue weighted by Gasteiger charge is 2.14. The Bertz CT molecular complexity index is 1090. The monoisotopic (exact) mass is 460 g/mol. The first-order chi connectivity index (χ1) is 14.4. The fourth-order valence-corrected chi connectivity index (χ4v) is 3.73. The largest absolute Gasteiger partial charge is 0.465 e. The molecule has 0 saturated carbocycles.